The number of pyridine rings is 1. The minimum atomic E-state index is -1.35. The molecule has 6 heteroatoms. The number of hydrogen-bond acceptors (Lipinski definition) is 4. The van der Waals surface area contributed by atoms with Gasteiger partial charge in [-0.15, -0.1) is 0 Å². The summed E-state index contributed by atoms with van der Waals surface area (Å²) in [4.78, 5) is 25.7. The number of amides is 2. The zero-order valence-electron chi connectivity index (χ0n) is 8.59. The van der Waals surface area contributed by atoms with Gasteiger partial charge in [0.2, 0.25) is 11.8 Å². The molecule has 0 aliphatic rings. The number of carbonyl (C=O) groups is 2. The molecule has 2 amide bonds. The molecule has 1 aromatic heterocycles. The van der Waals surface area contributed by atoms with E-state index in [1.165, 1.54) is 0 Å². The van der Waals surface area contributed by atoms with Crippen LogP contribution in [0, 0.1) is 0 Å². The highest BCUT2D eigenvalue weighted by molar-refractivity contribution is 5.81. The molecule has 0 bridgehead atoms. The average Bonchev–Trinajstić information content (AvgIpc) is 2.27. The Hall–Kier alpha value is -1.95. The first kappa shape index (κ1) is 12.1. The van der Waals surface area contributed by atoms with E-state index in [9.17, 15) is 9.59 Å². The molecule has 1 aromatic rings. The minimum absolute atomic E-state index is 0.152. The van der Waals surface area contributed by atoms with E-state index < -0.39 is 12.0 Å². The van der Waals surface area contributed by atoms with E-state index in [1.807, 2.05) is 0 Å². The van der Waals surface area contributed by atoms with Crippen LogP contribution in [0.15, 0.2) is 24.5 Å². The van der Waals surface area contributed by atoms with Gasteiger partial charge in [0, 0.05) is 12.4 Å². The van der Waals surface area contributed by atoms with Gasteiger partial charge in [-0.05, 0) is 11.6 Å². The van der Waals surface area contributed by atoms with Gasteiger partial charge in [-0.2, -0.15) is 0 Å². The largest absolute Gasteiger partial charge is 0.381 e. The van der Waals surface area contributed by atoms with Crippen LogP contribution in [-0.2, 0) is 16.0 Å². The summed E-state index contributed by atoms with van der Waals surface area (Å²) in [6, 6.07) is 3.48. The molecule has 0 radical (unpaired) electrons. The molecular formula is C10H13N3O3. The maximum Gasteiger partial charge on any atom is 0.248 e. The lowest BCUT2D eigenvalue weighted by Gasteiger charge is -2.08. The summed E-state index contributed by atoms with van der Waals surface area (Å²) in [5.41, 5.74) is 5.58. The van der Waals surface area contributed by atoms with Crippen molar-refractivity contribution in [2.24, 2.45) is 5.73 Å². The highest BCUT2D eigenvalue weighted by atomic mass is 16.3. The Morgan fingerprint density at radius 1 is 1.56 bits per heavy atom. The van der Waals surface area contributed by atoms with Gasteiger partial charge in [0.1, 0.15) is 6.10 Å². The van der Waals surface area contributed by atoms with Gasteiger partial charge < -0.3 is 16.2 Å². The molecule has 1 unspecified atom stereocenters. The van der Waals surface area contributed by atoms with E-state index in [1.54, 1.807) is 24.5 Å². The number of nitrogens with two attached hydrogens (primary N) is 1. The molecule has 0 saturated carbocycles. The molecule has 1 heterocycles. The molecule has 0 aromatic carbocycles. The van der Waals surface area contributed by atoms with Crippen molar-refractivity contribution >= 4 is 11.8 Å². The number of nitrogens with one attached hydrogen (secondary N) is 1. The fourth-order valence-corrected chi connectivity index (χ4v) is 1.06. The van der Waals surface area contributed by atoms with E-state index in [0.717, 1.165) is 5.56 Å². The summed E-state index contributed by atoms with van der Waals surface area (Å²) in [5.74, 6) is -1.16. The number of carbonyl (C=O) groups excluding carboxylic acids is 2. The van der Waals surface area contributed by atoms with Crippen LogP contribution in [0.2, 0.25) is 0 Å². The highest BCUT2D eigenvalue weighted by Crippen LogP contribution is 1.96. The maximum absolute atomic E-state index is 11.3. The molecule has 1 atom stereocenters. The van der Waals surface area contributed by atoms with Crippen LogP contribution in [0.1, 0.15) is 5.56 Å². The maximum atomic E-state index is 11.3. The van der Waals surface area contributed by atoms with Crippen molar-refractivity contribution in [1.82, 2.24) is 10.3 Å². The zero-order chi connectivity index (χ0) is 12.0. The van der Waals surface area contributed by atoms with Gasteiger partial charge in [-0.25, -0.2) is 0 Å². The lowest BCUT2D eigenvalue weighted by molar-refractivity contribution is -0.126. The Morgan fingerprint density at radius 3 is 2.88 bits per heavy atom. The van der Waals surface area contributed by atoms with Crippen LogP contribution in [0.4, 0.5) is 0 Å². The van der Waals surface area contributed by atoms with Crippen molar-refractivity contribution in [2.75, 3.05) is 6.54 Å². The number of hydrogen-bond donors (Lipinski definition) is 3. The summed E-state index contributed by atoms with van der Waals surface area (Å²) in [6.07, 6.45) is 1.99. The topological polar surface area (TPSA) is 105 Å². The SMILES string of the molecule is NC(=O)C(O)CNC(=O)Cc1cccnc1. The monoisotopic (exact) mass is 223 g/mol. The summed E-state index contributed by atoms with van der Waals surface area (Å²) in [6.45, 7) is -0.172. The van der Waals surface area contributed by atoms with Gasteiger partial charge >= 0.3 is 0 Å². The van der Waals surface area contributed by atoms with E-state index in [4.69, 9.17) is 10.8 Å². The van der Waals surface area contributed by atoms with Crippen molar-refractivity contribution < 1.29 is 14.7 Å². The van der Waals surface area contributed by atoms with Gasteiger partial charge in [0.25, 0.3) is 0 Å². The van der Waals surface area contributed by atoms with E-state index in [-0.39, 0.29) is 18.9 Å². The third kappa shape index (κ3) is 4.05. The Balaban J connectivity index is 2.35. The molecule has 1 rings (SSSR count). The van der Waals surface area contributed by atoms with E-state index in [0.29, 0.717) is 0 Å². The summed E-state index contributed by atoms with van der Waals surface area (Å²) in [5, 5.41) is 11.4. The Morgan fingerprint density at radius 2 is 2.31 bits per heavy atom. The van der Waals surface area contributed by atoms with Gasteiger partial charge in [0.15, 0.2) is 0 Å². The second-order valence-electron chi connectivity index (χ2n) is 3.26. The molecule has 0 aliphatic carbocycles. The van der Waals surface area contributed by atoms with E-state index in [2.05, 4.69) is 10.3 Å². The molecule has 86 valence electrons. The van der Waals surface area contributed by atoms with Crippen molar-refractivity contribution in [1.29, 1.82) is 0 Å². The first-order chi connectivity index (χ1) is 7.59. The Kier molecular flexibility index (Phi) is 4.41. The van der Waals surface area contributed by atoms with Gasteiger partial charge in [0.05, 0.1) is 13.0 Å². The lowest BCUT2D eigenvalue weighted by atomic mass is 10.2. The molecular weight excluding hydrogens is 210 g/mol. The zero-order valence-corrected chi connectivity index (χ0v) is 8.59. The fourth-order valence-electron chi connectivity index (χ4n) is 1.06. The third-order valence-corrected chi connectivity index (χ3v) is 1.91. The number of aliphatic hydroxyl groups is 1. The molecule has 16 heavy (non-hydrogen) atoms. The minimum Gasteiger partial charge on any atom is -0.381 e. The number of aromatic nitrogens is 1. The number of aliphatic hydroxyl groups excluding tert-OH is 1. The van der Waals surface area contributed by atoms with Crippen LogP contribution in [-0.4, -0.2) is 34.6 Å². The Labute approximate surface area is 92.5 Å². The molecule has 0 saturated heterocycles. The van der Waals surface area contributed by atoms with Crippen LogP contribution < -0.4 is 11.1 Å². The molecule has 4 N–H and O–H groups in total. The van der Waals surface area contributed by atoms with Gasteiger partial charge in [-0.3, -0.25) is 14.6 Å². The average molecular weight is 223 g/mol. The summed E-state index contributed by atoms with van der Waals surface area (Å²) >= 11 is 0. The summed E-state index contributed by atoms with van der Waals surface area (Å²) in [7, 11) is 0. The predicted molar refractivity (Wildman–Crippen MR) is 56.2 cm³/mol. The van der Waals surface area contributed by atoms with Crippen LogP contribution >= 0.6 is 0 Å². The second kappa shape index (κ2) is 5.82. The van der Waals surface area contributed by atoms with E-state index >= 15 is 0 Å². The van der Waals surface area contributed by atoms with Crippen LogP contribution in [0.5, 0.6) is 0 Å². The quantitative estimate of drug-likeness (QED) is 0.570. The first-order valence-corrected chi connectivity index (χ1v) is 4.72. The number of rotatable bonds is 5. The Bertz CT molecular complexity index is 367. The first-order valence-electron chi connectivity index (χ1n) is 4.72. The van der Waals surface area contributed by atoms with Crippen LogP contribution in [0.3, 0.4) is 0 Å². The highest BCUT2D eigenvalue weighted by Gasteiger charge is 2.12. The third-order valence-electron chi connectivity index (χ3n) is 1.91. The second-order valence-corrected chi connectivity index (χ2v) is 3.26. The standard InChI is InChI=1S/C10H13N3O3/c11-10(16)8(14)6-13-9(15)4-7-2-1-3-12-5-7/h1-3,5,8,14H,4,6H2,(H2,11,16)(H,13,15). The van der Waals surface area contributed by atoms with Crippen molar-refractivity contribution in [3.05, 3.63) is 30.1 Å². The molecule has 0 fully saturated rings. The normalized spacial score (nSPS) is 11.8. The smallest absolute Gasteiger partial charge is 0.248 e. The molecule has 6 nitrogen and oxygen atoms in total. The number of primary amides is 1. The summed E-state index contributed by atoms with van der Waals surface area (Å²) < 4.78 is 0. The molecule has 0 aliphatic heterocycles. The van der Waals surface area contributed by atoms with Crippen LogP contribution in [0.25, 0.3) is 0 Å². The molecule has 0 spiro atoms. The van der Waals surface area contributed by atoms with Crippen molar-refractivity contribution in [2.45, 2.75) is 12.5 Å². The lowest BCUT2D eigenvalue weighted by Crippen LogP contribution is -2.40. The number of nitrogens with zero attached hydrogens (tertiary/aromatic N) is 1. The van der Waals surface area contributed by atoms with Crippen molar-refractivity contribution in [3.63, 3.8) is 0 Å². The van der Waals surface area contributed by atoms with Gasteiger partial charge in [-0.1, -0.05) is 6.07 Å². The van der Waals surface area contributed by atoms with Crippen molar-refractivity contribution in [3.8, 4) is 0 Å². The fraction of sp³-hybridized carbons (Fsp3) is 0.300. The predicted octanol–water partition coefficient (Wildman–Crippen LogP) is -1.41.